The van der Waals surface area contributed by atoms with E-state index in [4.69, 9.17) is 4.98 Å². The maximum atomic E-state index is 4.96. The third-order valence-corrected chi connectivity index (χ3v) is 5.44. The van der Waals surface area contributed by atoms with Gasteiger partial charge >= 0.3 is 0 Å². The van der Waals surface area contributed by atoms with Crippen LogP contribution in [0, 0.1) is 5.92 Å². The number of thiazole rings is 1. The smallest absolute Gasteiger partial charge is 0.185 e. The molecule has 0 aliphatic heterocycles. The lowest BCUT2D eigenvalue weighted by molar-refractivity contribution is 0.552. The lowest BCUT2D eigenvalue weighted by Crippen LogP contribution is -2.28. The molecule has 1 heterocycles. The van der Waals surface area contributed by atoms with Crippen LogP contribution in [0.3, 0.4) is 0 Å². The molecule has 1 N–H and O–H groups in total. The van der Waals surface area contributed by atoms with E-state index in [9.17, 15) is 0 Å². The highest BCUT2D eigenvalue weighted by Gasteiger charge is 2.24. The summed E-state index contributed by atoms with van der Waals surface area (Å²) in [5.74, 6) is 1.20. The topological polar surface area (TPSA) is 28.2 Å². The Morgan fingerprint density at radius 3 is 2.48 bits per heavy atom. The first-order chi connectivity index (χ1) is 9.99. The van der Waals surface area contributed by atoms with Crippen molar-refractivity contribution in [2.45, 2.75) is 71.9 Å². The Morgan fingerprint density at radius 1 is 1.24 bits per heavy atom. The molecule has 1 aromatic heterocycles. The minimum atomic E-state index is 0.503. The normalized spacial score (nSPS) is 16.3. The van der Waals surface area contributed by atoms with Crippen LogP contribution in [-0.2, 0) is 6.54 Å². The van der Waals surface area contributed by atoms with Gasteiger partial charge in [-0.05, 0) is 31.2 Å². The highest BCUT2D eigenvalue weighted by Crippen LogP contribution is 2.34. The van der Waals surface area contributed by atoms with Crippen LogP contribution in [0.25, 0.3) is 0 Å². The first-order valence-corrected chi connectivity index (χ1v) is 9.23. The van der Waals surface area contributed by atoms with Gasteiger partial charge in [-0.2, -0.15) is 0 Å². The van der Waals surface area contributed by atoms with Crippen molar-refractivity contribution < 1.29 is 0 Å². The van der Waals surface area contributed by atoms with E-state index < -0.39 is 0 Å². The maximum Gasteiger partial charge on any atom is 0.185 e. The molecule has 2 rings (SSSR count). The average Bonchev–Trinajstić information content (AvgIpc) is 3.07. The Labute approximate surface area is 134 Å². The zero-order valence-corrected chi connectivity index (χ0v) is 15.1. The molecule has 3 nitrogen and oxygen atoms in total. The van der Waals surface area contributed by atoms with Gasteiger partial charge in [0.25, 0.3) is 0 Å². The molecule has 0 unspecified atom stereocenters. The van der Waals surface area contributed by atoms with E-state index in [1.165, 1.54) is 41.4 Å². The van der Waals surface area contributed by atoms with Gasteiger partial charge in [-0.25, -0.2) is 4.98 Å². The predicted octanol–water partition coefficient (Wildman–Crippen LogP) is 4.39. The molecule has 1 aromatic rings. The molecule has 0 saturated heterocycles. The summed E-state index contributed by atoms with van der Waals surface area (Å²) in [5.41, 5.74) is 1.29. The molecule has 0 amide bonds. The second kappa shape index (κ2) is 7.59. The second-order valence-corrected chi connectivity index (χ2v) is 8.10. The van der Waals surface area contributed by atoms with E-state index in [1.807, 2.05) is 11.3 Å². The van der Waals surface area contributed by atoms with Crippen molar-refractivity contribution in [2.75, 3.05) is 18.5 Å². The van der Waals surface area contributed by atoms with Crippen molar-refractivity contribution in [1.82, 2.24) is 10.3 Å². The molecular weight excluding hydrogens is 278 g/mol. The van der Waals surface area contributed by atoms with Crippen molar-refractivity contribution in [1.29, 1.82) is 0 Å². The minimum absolute atomic E-state index is 0.503. The van der Waals surface area contributed by atoms with E-state index in [2.05, 4.69) is 45.0 Å². The van der Waals surface area contributed by atoms with E-state index in [0.29, 0.717) is 17.9 Å². The van der Waals surface area contributed by atoms with E-state index in [1.54, 1.807) is 0 Å². The van der Waals surface area contributed by atoms with E-state index >= 15 is 0 Å². The van der Waals surface area contributed by atoms with Crippen LogP contribution < -0.4 is 10.2 Å². The molecule has 0 radical (unpaired) electrons. The van der Waals surface area contributed by atoms with Gasteiger partial charge in [0.1, 0.15) is 0 Å². The van der Waals surface area contributed by atoms with Crippen LogP contribution in [0.4, 0.5) is 5.13 Å². The molecule has 120 valence electrons. The third-order valence-electron chi connectivity index (χ3n) is 4.28. The van der Waals surface area contributed by atoms with Crippen LogP contribution >= 0.6 is 11.3 Å². The Bertz CT molecular complexity index is 433. The summed E-state index contributed by atoms with van der Waals surface area (Å²) in [7, 11) is 2.23. The third kappa shape index (κ3) is 4.43. The van der Waals surface area contributed by atoms with Crippen molar-refractivity contribution in [2.24, 2.45) is 5.92 Å². The van der Waals surface area contributed by atoms with Crippen LogP contribution in [0.2, 0.25) is 0 Å². The summed E-state index contributed by atoms with van der Waals surface area (Å²) in [6.45, 7) is 11.0. The lowest BCUT2D eigenvalue weighted by Gasteiger charge is -2.23. The van der Waals surface area contributed by atoms with Gasteiger partial charge in [-0.15, -0.1) is 11.3 Å². The zero-order valence-electron chi connectivity index (χ0n) is 14.3. The number of anilines is 1. The SMILES string of the molecule is CC(C)CNCc1sc(N(C)C2CCCC2)nc1C(C)C. The van der Waals surface area contributed by atoms with Gasteiger partial charge in [0.2, 0.25) is 0 Å². The first-order valence-electron chi connectivity index (χ1n) is 8.42. The summed E-state index contributed by atoms with van der Waals surface area (Å²) in [6, 6.07) is 0.702. The summed E-state index contributed by atoms with van der Waals surface area (Å²) in [5, 5.41) is 4.78. The molecule has 1 aliphatic carbocycles. The number of nitrogens with one attached hydrogen (secondary N) is 1. The summed E-state index contributed by atoms with van der Waals surface area (Å²) in [4.78, 5) is 8.80. The first kappa shape index (κ1) is 16.8. The van der Waals surface area contributed by atoms with Crippen molar-refractivity contribution in [3.05, 3.63) is 10.6 Å². The largest absolute Gasteiger partial charge is 0.348 e. The Kier molecular flexibility index (Phi) is 6.06. The highest BCUT2D eigenvalue weighted by molar-refractivity contribution is 7.15. The van der Waals surface area contributed by atoms with Crippen molar-refractivity contribution in [3.8, 4) is 0 Å². The van der Waals surface area contributed by atoms with Gasteiger partial charge in [0.15, 0.2) is 5.13 Å². The molecular formula is C17H31N3S. The van der Waals surface area contributed by atoms with Crippen LogP contribution in [0.1, 0.15) is 69.9 Å². The van der Waals surface area contributed by atoms with Crippen molar-refractivity contribution >= 4 is 16.5 Å². The molecule has 0 bridgehead atoms. The van der Waals surface area contributed by atoms with Gasteiger partial charge < -0.3 is 10.2 Å². The van der Waals surface area contributed by atoms with Crippen LogP contribution in [0.15, 0.2) is 0 Å². The highest BCUT2D eigenvalue weighted by atomic mass is 32.1. The minimum Gasteiger partial charge on any atom is -0.348 e. The van der Waals surface area contributed by atoms with Gasteiger partial charge in [-0.3, -0.25) is 0 Å². The fourth-order valence-electron chi connectivity index (χ4n) is 3.00. The molecule has 0 atom stereocenters. The molecule has 1 fully saturated rings. The standard InChI is InChI=1S/C17H31N3S/c1-12(2)10-18-11-15-16(13(3)4)19-17(21-15)20(5)14-8-6-7-9-14/h12-14,18H,6-11H2,1-5H3. The van der Waals surface area contributed by atoms with Gasteiger partial charge in [0, 0.05) is 24.5 Å². The zero-order chi connectivity index (χ0) is 15.4. The number of aromatic nitrogens is 1. The van der Waals surface area contributed by atoms with E-state index in [0.717, 1.165) is 13.1 Å². The fourth-order valence-corrected chi connectivity index (χ4v) is 4.22. The van der Waals surface area contributed by atoms with Crippen LogP contribution in [-0.4, -0.2) is 24.6 Å². The van der Waals surface area contributed by atoms with Gasteiger partial charge in [-0.1, -0.05) is 40.5 Å². The molecule has 1 aliphatic rings. The fraction of sp³-hybridized carbons (Fsp3) is 0.824. The quantitative estimate of drug-likeness (QED) is 0.809. The molecule has 1 saturated carbocycles. The Morgan fingerprint density at radius 2 is 1.90 bits per heavy atom. The molecule has 4 heteroatoms. The summed E-state index contributed by atoms with van der Waals surface area (Å²) in [6.07, 6.45) is 5.41. The van der Waals surface area contributed by atoms with Crippen molar-refractivity contribution in [3.63, 3.8) is 0 Å². The summed E-state index contributed by atoms with van der Waals surface area (Å²) < 4.78 is 0. The van der Waals surface area contributed by atoms with Crippen LogP contribution in [0.5, 0.6) is 0 Å². The molecule has 0 spiro atoms. The second-order valence-electron chi connectivity index (χ2n) is 7.03. The Balaban J connectivity index is 2.08. The maximum absolute atomic E-state index is 4.96. The number of hydrogen-bond acceptors (Lipinski definition) is 4. The predicted molar refractivity (Wildman–Crippen MR) is 93.4 cm³/mol. The lowest BCUT2D eigenvalue weighted by atomic mass is 10.1. The number of hydrogen-bond donors (Lipinski definition) is 1. The monoisotopic (exact) mass is 309 g/mol. The molecule has 0 aromatic carbocycles. The number of nitrogens with zero attached hydrogens (tertiary/aromatic N) is 2. The Hall–Kier alpha value is -0.610. The van der Waals surface area contributed by atoms with E-state index in [-0.39, 0.29) is 0 Å². The summed E-state index contributed by atoms with van der Waals surface area (Å²) >= 11 is 1.89. The van der Waals surface area contributed by atoms with Gasteiger partial charge in [0.05, 0.1) is 5.69 Å². The average molecular weight is 310 g/mol. The number of rotatable bonds is 7. The molecule has 21 heavy (non-hydrogen) atoms.